The van der Waals surface area contributed by atoms with Crippen LogP contribution in [0.3, 0.4) is 0 Å². The molecule has 0 aliphatic carbocycles. The van der Waals surface area contributed by atoms with E-state index in [1.54, 1.807) is 0 Å². The number of hydrogen-bond donors (Lipinski definition) is 2. The highest BCUT2D eigenvalue weighted by Crippen LogP contribution is 2.31. The van der Waals surface area contributed by atoms with Crippen LogP contribution in [0.5, 0.6) is 0 Å². The molecule has 1 aromatic heterocycles. The highest BCUT2D eigenvalue weighted by atomic mass is 35.5. The van der Waals surface area contributed by atoms with Gasteiger partial charge in [-0.2, -0.15) is 0 Å². The first kappa shape index (κ1) is 21.2. The van der Waals surface area contributed by atoms with Crippen LogP contribution in [0, 0.1) is 12.8 Å². The molecule has 2 aliphatic rings. The summed E-state index contributed by atoms with van der Waals surface area (Å²) in [6.45, 7) is 6.80. The van der Waals surface area contributed by atoms with Gasteiger partial charge in [0.25, 0.3) is 0 Å². The first-order valence-corrected chi connectivity index (χ1v) is 8.34. The van der Waals surface area contributed by atoms with E-state index in [0.717, 1.165) is 51.4 Å². The predicted molar refractivity (Wildman–Crippen MR) is 99.9 cm³/mol. The zero-order valence-corrected chi connectivity index (χ0v) is 16.1. The number of aromatic amines is 1. The largest absolute Gasteiger partial charge is 0.345 e. The van der Waals surface area contributed by atoms with Crippen molar-refractivity contribution in [3.63, 3.8) is 0 Å². The van der Waals surface area contributed by atoms with Crippen molar-refractivity contribution in [2.24, 2.45) is 5.92 Å². The second kappa shape index (κ2) is 9.61. The Bertz CT molecular complexity index is 524. The molecule has 2 saturated heterocycles. The lowest BCUT2D eigenvalue weighted by Gasteiger charge is -2.47. The standard InChI is InChI=1S/C16H27N5O.2ClH/c1-12-18-9-14(19-12)11-20-7-5-15-13(10-20)3-4-16(22)21(15)8-6-17-2;;/h9,13,15,17H,3-8,10-11H2,1-2H3,(H,18,19);2*1H/t13-,15+;;/m0../s1. The molecule has 1 amide bonds. The molecule has 0 saturated carbocycles. The Balaban J connectivity index is 0.00000144. The Morgan fingerprint density at radius 2 is 2.17 bits per heavy atom. The van der Waals surface area contributed by atoms with Gasteiger partial charge in [-0.05, 0) is 32.7 Å². The molecule has 3 heterocycles. The van der Waals surface area contributed by atoms with Crippen LogP contribution >= 0.6 is 24.8 Å². The maximum absolute atomic E-state index is 12.2. The number of imidazole rings is 1. The molecule has 24 heavy (non-hydrogen) atoms. The average molecular weight is 378 g/mol. The minimum absolute atomic E-state index is 0. The van der Waals surface area contributed by atoms with Crippen LogP contribution < -0.4 is 5.32 Å². The number of rotatable bonds is 5. The molecule has 2 N–H and O–H groups in total. The van der Waals surface area contributed by atoms with Gasteiger partial charge in [0.15, 0.2) is 0 Å². The van der Waals surface area contributed by atoms with Gasteiger partial charge in [0.1, 0.15) is 5.82 Å². The Labute approximate surface area is 156 Å². The van der Waals surface area contributed by atoms with Crippen molar-refractivity contribution in [2.45, 2.75) is 38.8 Å². The van der Waals surface area contributed by atoms with Gasteiger partial charge < -0.3 is 15.2 Å². The first-order valence-electron chi connectivity index (χ1n) is 8.34. The molecule has 2 aliphatic heterocycles. The predicted octanol–water partition coefficient (Wildman–Crippen LogP) is 1.59. The third-order valence-electron chi connectivity index (χ3n) is 4.98. The van der Waals surface area contributed by atoms with Crippen molar-refractivity contribution in [2.75, 3.05) is 33.2 Å². The number of nitrogens with zero attached hydrogens (tertiary/aromatic N) is 3. The van der Waals surface area contributed by atoms with Gasteiger partial charge in [-0.25, -0.2) is 4.98 Å². The molecule has 6 nitrogen and oxygen atoms in total. The highest BCUT2D eigenvalue weighted by molar-refractivity contribution is 5.85. The number of fused-ring (bicyclic) bond motifs is 1. The van der Waals surface area contributed by atoms with Crippen molar-refractivity contribution >= 4 is 30.7 Å². The van der Waals surface area contributed by atoms with E-state index in [4.69, 9.17) is 0 Å². The van der Waals surface area contributed by atoms with E-state index in [-0.39, 0.29) is 24.8 Å². The SMILES string of the molecule is CNCCN1C(=O)CC[C@H]2CN(Cc3cnc(C)[nH]3)CC[C@H]21.Cl.Cl. The van der Waals surface area contributed by atoms with Gasteiger partial charge in [-0.3, -0.25) is 9.69 Å². The number of piperidine rings is 2. The van der Waals surface area contributed by atoms with Gasteiger partial charge >= 0.3 is 0 Å². The van der Waals surface area contributed by atoms with Gasteiger partial charge in [-0.15, -0.1) is 24.8 Å². The van der Waals surface area contributed by atoms with E-state index < -0.39 is 0 Å². The highest BCUT2D eigenvalue weighted by Gasteiger charge is 2.38. The number of nitrogens with one attached hydrogen (secondary N) is 2. The smallest absolute Gasteiger partial charge is 0.222 e. The summed E-state index contributed by atoms with van der Waals surface area (Å²) >= 11 is 0. The third kappa shape index (κ3) is 4.85. The second-order valence-electron chi connectivity index (χ2n) is 6.57. The summed E-state index contributed by atoms with van der Waals surface area (Å²) in [6.07, 6.45) is 4.78. The number of H-pyrrole nitrogens is 1. The summed E-state index contributed by atoms with van der Waals surface area (Å²) in [5.74, 6) is 1.94. The lowest BCUT2D eigenvalue weighted by atomic mass is 9.83. The lowest BCUT2D eigenvalue weighted by molar-refractivity contribution is -0.141. The maximum atomic E-state index is 12.2. The van der Waals surface area contributed by atoms with E-state index in [1.165, 1.54) is 5.69 Å². The Morgan fingerprint density at radius 3 is 2.83 bits per heavy atom. The van der Waals surface area contributed by atoms with E-state index >= 15 is 0 Å². The molecular formula is C16H29Cl2N5O. The number of aromatic nitrogens is 2. The molecule has 1 aromatic rings. The Morgan fingerprint density at radius 1 is 1.38 bits per heavy atom. The van der Waals surface area contributed by atoms with Crippen molar-refractivity contribution in [1.29, 1.82) is 0 Å². The topological polar surface area (TPSA) is 64.3 Å². The molecule has 138 valence electrons. The van der Waals surface area contributed by atoms with E-state index in [0.29, 0.717) is 24.3 Å². The van der Waals surface area contributed by atoms with Gasteiger partial charge in [0.2, 0.25) is 5.91 Å². The molecular weight excluding hydrogens is 349 g/mol. The maximum Gasteiger partial charge on any atom is 0.222 e. The van der Waals surface area contributed by atoms with Crippen molar-refractivity contribution in [1.82, 2.24) is 25.1 Å². The lowest BCUT2D eigenvalue weighted by Crippen LogP contribution is -2.56. The molecule has 0 spiro atoms. The number of aryl methyl sites for hydroxylation is 1. The molecule has 0 bridgehead atoms. The molecule has 3 rings (SSSR count). The van der Waals surface area contributed by atoms with Crippen LogP contribution in [0.2, 0.25) is 0 Å². The monoisotopic (exact) mass is 377 g/mol. The summed E-state index contributed by atoms with van der Waals surface area (Å²) in [5, 5.41) is 3.16. The van der Waals surface area contributed by atoms with Crippen LogP contribution in [0.25, 0.3) is 0 Å². The van der Waals surface area contributed by atoms with Gasteiger partial charge in [0, 0.05) is 57.1 Å². The van der Waals surface area contributed by atoms with Crippen LogP contribution in [-0.4, -0.2) is 64.9 Å². The summed E-state index contributed by atoms with van der Waals surface area (Å²) in [5.41, 5.74) is 1.19. The number of carbonyl (C=O) groups is 1. The summed E-state index contributed by atoms with van der Waals surface area (Å²) in [7, 11) is 1.95. The van der Waals surface area contributed by atoms with E-state index in [1.807, 2.05) is 20.2 Å². The number of halogens is 2. The van der Waals surface area contributed by atoms with Crippen molar-refractivity contribution in [3.8, 4) is 0 Å². The molecule has 0 radical (unpaired) electrons. The first-order chi connectivity index (χ1) is 10.7. The second-order valence-corrected chi connectivity index (χ2v) is 6.57. The zero-order chi connectivity index (χ0) is 15.5. The van der Waals surface area contributed by atoms with Crippen LogP contribution in [-0.2, 0) is 11.3 Å². The molecule has 0 aromatic carbocycles. The fourth-order valence-corrected chi connectivity index (χ4v) is 3.89. The third-order valence-corrected chi connectivity index (χ3v) is 4.98. The minimum atomic E-state index is 0. The van der Waals surface area contributed by atoms with E-state index in [9.17, 15) is 4.79 Å². The number of amides is 1. The Kier molecular flexibility index (Phi) is 8.50. The normalized spacial score (nSPS) is 24.1. The van der Waals surface area contributed by atoms with Gasteiger partial charge in [-0.1, -0.05) is 0 Å². The summed E-state index contributed by atoms with van der Waals surface area (Å²) < 4.78 is 0. The van der Waals surface area contributed by atoms with Crippen molar-refractivity contribution < 1.29 is 4.79 Å². The van der Waals surface area contributed by atoms with Crippen LogP contribution in [0.1, 0.15) is 30.8 Å². The number of carbonyl (C=O) groups excluding carboxylic acids is 1. The fraction of sp³-hybridized carbons (Fsp3) is 0.750. The molecule has 2 atom stereocenters. The van der Waals surface area contributed by atoms with Crippen LogP contribution in [0.4, 0.5) is 0 Å². The van der Waals surface area contributed by atoms with E-state index in [2.05, 4.69) is 25.1 Å². The van der Waals surface area contributed by atoms with Gasteiger partial charge in [0.05, 0.1) is 0 Å². The van der Waals surface area contributed by atoms with Crippen molar-refractivity contribution in [3.05, 3.63) is 17.7 Å². The quantitative estimate of drug-likeness (QED) is 0.817. The minimum Gasteiger partial charge on any atom is -0.345 e. The molecule has 8 heteroatoms. The molecule has 0 unspecified atom stereocenters. The average Bonchev–Trinajstić information content (AvgIpc) is 2.91. The van der Waals surface area contributed by atoms with Crippen LogP contribution in [0.15, 0.2) is 6.20 Å². The molecule has 2 fully saturated rings. The number of hydrogen-bond acceptors (Lipinski definition) is 4. The number of likely N-dealkylation sites (tertiary alicyclic amines) is 2. The summed E-state index contributed by atoms with van der Waals surface area (Å²) in [4.78, 5) is 24.4. The number of likely N-dealkylation sites (N-methyl/N-ethyl adjacent to an activating group) is 1. The zero-order valence-electron chi connectivity index (χ0n) is 14.5. The Hall–Kier alpha value is -0.820. The fourth-order valence-electron chi connectivity index (χ4n) is 3.89. The summed E-state index contributed by atoms with van der Waals surface area (Å²) in [6, 6.07) is 0.439.